The van der Waals surface area contributed by atoms with Crippen LogP contribution in [0.5, 0.6) is 0 Å². The van der Waals surface area contributed by atoms with Crippen molar-refractivity contribution in [1.29, 1.82) is 0 Å². The van der Waals surface area contributed by atoms with Crippen LogP contribution in [-0.4, -0.2) is 33.4 Å². The first-order valence-corrected chi connectivity index (χ1v) is 7.33. The molecule has 1 saturated heterocycles. The molecule has 5 heteroatoms. The molecule has 0 aliphatic carbocycles. The van der Waals surface area contributed by atoms with Crippen molar-refractivity contribution >= 4 is 16.9 Å². The topological polar surface area (TPSA) is 55.2 Å². The van der Waals surface area contributed by atoms with Crippen LogP contribution >= 0.6 is 0 Å². The van der Waals surface area contributed by atoms with Gasteiger partial charge in [-0.2, -0.15) is 0 Å². The maximum absolute atomic E-state index is 12.6. The highest BCUT2D eigenvalue weighted by molar-refractivity contribution is 5.93. The second-order valence-corrected chi connectivity index (χ2v) is 5.79. The second kappa shape index (κ2) is 5.31. The molecule has 2 heterocycles. The highest BCUT2D eigenvalue weighted by atomic mass is 16.2. The van der Waals surface area contributed by atoms with E-state index in [0.29, 0.717) is 24.5 Å². The lowest BCUT2D eigenvalue weighted by atomic mass is 9.99. The molecule has 1 amide bonds. The van der Waals surface area contributed by atoms with Gasteiger partial charge in [-0.15, -0.1) is 0 Å². The molecule has 3 rings (SSSR count). The number of amides is 1. The van der Waals surface area contributed by atoms with Gasteiger partial charge in [-0.25, -0.2) is 4.98 Å². The molecular weight excluding hydrogens is 266 g/mol. The van der Waals surface area contributed by atoms with Gasteiger partial charge >= 0.3 is 0 Å². The maximum atomic E-state index is 12.6. The first kappa shape index (κ1) is 13.8. The molecule has 0 radical (unpaired) electrons. The first-order chi connectivity index (χ1) is 10.1. The van der Waals surface area contributed by atoms with Gasteiger partial charge in [0.05, 0.1) is 11.0 Å². The number of piperidine rings is 1. The zero-order valence-corrected chi connectivity index (χ0v) is 12.4. The third-order valence-electron chi connectivity index (χ3n) is 4.26. The number of benzene rings is 1. The quantitative estimate of drug-likeness (QED) is 0.803. The van der Waals surface area contributed by atoms with Crippen molar-refractivity contribution in [2.24, 2.45) is 13.0 Å². The number of likely N-dealkylation sites (tertiary alicyclic amines) is 1. The Bertz CT molecular complexity index is 743. The van der Waals surface area contributed by atoms with Crippen LogP contribution in [0, 0.1) is 5.92 Å². The Morgan fingerprint density at radius 1 is 1.24 bits per heavy atom. The minimum absolute atomic E-state index is 0.0331. The van der Waals surface area contributed by atoms with Gasteiger partial charge < -0.3 is 9.47 Å². The van der Waals surface area contributed by atoms with Gasteiger partial charge in [-0.3, -0.25) is 9.59 Å². The van der Waals surface area contributed by atoms with E-state index in [0.717, 1.165) is 18.4 Å². The summed E-state index contributed by atoms with van der Waals surface area (Å²) in [4.78, 5) is 31.0. The van der Waals surface area contributed by atoms with Gasteiger partial charge in [-0.1, -0.05) is 19.1 Å². The fourth-order valence-electron chi connectivity index (χ4n) is 2.78. The Labute approximate surface area is 123 Å². The van der Waals surface area contributed by atoms with E-state index in [2.05, 4.69) is 11.9 Å². The second-order valence-electron chi connectivity index (χ2n) is 5.79. The van der Waals surface area contributed by atoms with E-state index in [1.807, 2.05) is 24.3 Å². The monoisotopic (exact) mass is 285 g/mol. The average Bonchev–Trinajstić information content (AvgIpc) is 2.51. The molecule has 0 saturated carbocycles. The third-order valence-corrected chi connectivity index (χ3v) is 4.26. The summed E-state index contributed by atoms with van der Waals surface area (Å²) in [7, 11) is 1.68. The number of para-hydroxylation sites is 2. The molecule has 5 nitrogen and oxygen atoms in total. The summed E-state index contributed by atoms with van der Waals surface area (Å²) in [6, 6.07) is 7.37. The van der Waals surface area contributed by atoms with Crippen LogP contribution in [0.25, 0.3) is 11.0 Å². The summed E-state index contributed by atoms with van der Waals surface area (Å²) in [5.41, 5.74) is 1.13. The molecule has 1 fully saturated rings. The van der Waals surface area contributed by atoms with Crippen LogP contribution in [0.1, 0.15) is 30.3 Å². The van der Waals surface area contributed by atoms with Crippen LogP contribution in [0.4, 0.5) is 0 Å². The number of carbonyl (C=O) groups excluding carboxylic acids is 1. The molecule has 1 aliphatic rings. The molecule has 1 aliphatic heterocycles. The zero-order valence-electron chi connectivity index (χ0n) is 12.4. The smallest absolute Gasteiger partial charge is 0.282 e. The lowest BCUT2D eigenvalue weighted by molar-refractivity contribution is 0.0689. The van der Waals surface area contributed by atoms with E-state index >= 15 is 0 Å². The van der Waals surface area contributed by atoms with E-state index in [1.165, 1.54) is 4.57 Å². The average molecular weight is 285 g/mol. The molecule has 2 aromatic rings. The van der Waals surface area contributed by atoms with Crippen LogP contribution in [-0.2, 0) is 7.05 Å². The summed E-state index contributed by atoms with van der Waals surface area (Å²) >= 11 is 0. The van der Waals surface area contributed by atoms with E-state index < -0.39 is 0 Å². The molecule has 0 spiro atoms. The molecule has 0 unspecified atom stereocenters. The van der Waals surface area contributed by atoms with Crippen LogP contribution in [0.15, 0.2) is 29.1 Å². The van der Waals surface area contributed by atoms with Crippen LogP contribution < -0.4 is 5.56 Å². The molecule has 21 heavy (non-hydrogen) atoms. The van der Waals surface area contributed by atoms with Crippen molar-refractivity contribution < 1.29 is 4.79 Å². The predicted octanol–water partition coefficient (Wildman–Crippen LogP) is 1.81. The van der Waals surface area contributed by atoms with Gasteiger partial charge in [-0.05, 0) is 30.9 Å². The summed E-state index contributed by atoms with van der Waals surface area (Å²) in [6.45, 7) is 3.60. The molecule has 0 bridgehead atoms. The van der Waals surface area contributed by atoms with Gasteiger partial charge in [0.2, 0.25) is 0 Å². The zero-order chi connectivity index (χ0) is 15.0. The Kier molecular flexibility index (Phi) is 3.49. The van der Waals surface area contributed by atoms with Gasteiger partial charge in [0.25, 0.3) is 11.5 Å². The summed E-state index contributed by atoms with van der Waals surface area (Å²) in [5.74, 6) is 0.398. The minimum atomic E-state index is -0.322. The fraction of sp³-hybridized carbons (Fsp3) is 0.438. The van der Waals surface area contributed by atoms with Gasteiger partial charge in [0.1, 0.15) is 0 Å². The van der Waals surface area contributed by atoms with Crippen molar-refractivity contribution in [1.82, 2.24) is 14.5 Å². The standard InChI is InChI=1S/C16H19N3O2/c1-11-7-9-19(10-8-11)16(21)14-15(20)18(2)13-6-4-3-5-12(13)17-14/h3-6,11H,7-10H2,1-2H3. The fourth-order valence-corrected chi connectivity index (χ4v) is 2.78. The highest BCUT2D eigenvalue weighted by Gasteiger charge is 2.25. The largest absolute Gasteiger partial charge is 0.337 e. The number of hydrogen-bond acceptors (Lipinski definition) is 3. The van der Waals surface area contributed by atoms with Crippen molar-refractivity contribution in [3.8, 4) is 0 Å². The Morgan fingerprint density at radius 2 is 1.90 bits per heavy atom. The number of fused-ring (bicyclic) bond motifs is 1. The minimum Gasteiger partial charge on any atom is -0.337 e. The normalized spacial score (nSPS) is 16.4. The van der Waals surface area contributed by atoms with Gasteiger partial charge in [0, 0.05) is 20.1 Å². The molecule has 0 atom stereocenters. The lowest BCUT2D eigenvalue weighted by Crippen LogP contribution is -2.41. The van der Waals surface area contributed by atoms with Crippen molar-refractivity contribution in [3.63, 3.8) is 0 Å². The molecule has 110 valence electrons. The summed E-state index contributed by atoms with van der Waals surface area (Å²) in [5, 5.41) is 0. The molecule has 1 aromatic heterocycles. The van der Waals surface area contributed by atoms with E-state index in [-0.39, 0.29) is 17.2 Å². The Hall–Kier alpha value is -2.17. The van der Waals surface area contributed by atoms with E-state index in [4.69, 9.17) is 0 Å². The summed E-state index contributed by atoms with van der Waals surface area (Å²) in [6.07, 6.45) is 1.97. The van der Waals surface area contributed by atoms with Crippen LogP contribution in [0.3, 0.4) is 0 Å². The predicted molar refractivity (Wildman–Crippen MR) is 81.3 cm³/mol. The van der Waals surface area contributed by atoms with E-state index in [9.17, 15) is 9.59 Å². The Morgan fingerprint density at radius 3 is 2.62 bits per heavy atom. The third kappa shape index (κ3) is 2.44. The first-order valence-electron chi connectivity index (χ1n) is 7.33. The maximum Gasteiger partial charge on any atom is 0.282 e. The lowest BCUT2D eigenvalue weighted by Gasteiger charge is -2.29. The summed E-state index contributed by atoms with van der Waals surface area (Å²) < 4.78 is 1.50. The number of hydrogen-bond donors (Lipinski definition) is 0. The van der Waals surface area contributed by atoms with Crippen molar-refractivity contribution in [3.05, 3.63) is 40.3 Å². The number of carbonyl (C=O) groups is 1. The Balaban J connectivity index is 2.02. The number of rotatable bonds is 1. The molecule has 0 N–H and O–H groups in total. The van der Waals surface area contributed by atoms with Crippen molar-refractivity contribution in [2.75, 3.05) is 13.1 Å². The van der Waals surface area contributed by atoms with Gasteiger partial charge in [0.15, 0.2) is 5.69 Å². The SMILES string of the molecule is CC1CCN(C(=O)c2nc3ccccc3n(C)c2=O)CC1. The number of aryl methyl sites for hydroxylation is 1. The van der Waals surface area contributed by atoms with Crippen molar-refractivity contribution in [2.45, 2.75) is 19.8 Å². The van der Waals surface area contributed by atoms with E-state index in [1.54, 1.807) is 11.9 Å². The van der Waals surface area contributed by atoms with Crippen LogP contribution in [0.2, 0.25) is 0 Å². The molecular formula is C16H19N3O2. The number of aromatic nitrogens is 2. The number of nitrogens with zero attached hydrogens (tertiary/aromatic N) is 3. The highest BCUT2D eigenvalue weighted by Crippen LogP contribution is 2.17. The molecule has 1 aromatic carbocycles.